The van der Waals surface area contributed by atoms with Crippen LogP contribution in [0.15, 0.2) is 28.7 Å². The SMILES string of the molecule is Cc1cccc2cc(C(=O)C(C)(C)CN)oc12. The summed E-state index contributed by atoms with van der Waals surface area (Å²) in [5.41, 5.74) is 6.84. The first-order valence-corrected chi connectivity index (χ1v) is 5.70. The standard InChI is InChI=1S/C14H17NO2/c1-9-5-4-6-10-7-11(17-12(9)10)13(16)14(2,3)8-15/h4-7H,8,15H2,1-3H3. The number of hydrogen-bond acceptors (Lipinski definition) is 3. The van der Waals surface area contributed by atoms with Crippen molar-refractivity contribution in [1.82, 2.24) is 0 Å². The van der Waals surface area contributed by atoms with Crippen molar-refractivity contribution in [2.75, 3.05) is 6.54 Å². The summed E-state index contributed by atoms with van der Waals surface area (Å²) >= 11 is 0. The van der Waals surface area contributed by atoms with Crippen LogP contribution >= 0.6 is 0 Å². The molecule has 0 spiro atoms. The van der Waals surface area contributed by atoms with E-state index in [2.05, 4.69) is 0 Å². The van der Waals surface area contributed by atoms with Crippen LogP contribution in [-0.2, 0) is 0 Å². The van der Waals surface area contributed by atoms with Crippen LogP contribution < -0.4 is 5.73 Å². The number of Topliss-reactive ketones (excluding diaryl/α,β-unsaturated/α-hetero) is 1. The normalized spacial score (nSPS) is 12.0. The van der Waals surface area contributed by atoms with Gasteiger partial charge in [0.2, 0.25) is 5.78 Å². The average Bonchev–Trinajstić information content (AvgIpc) is 2.73. The van der Waals surface area contributed by atoms with Crippen molar-refractivity contribution in [3.05, 3.63) is 35.6 Å². The number of para-hydroxylation sites is 1. The van der Waals surface area contributed by atoms with Gasteiger partial charge < -0.3 is 10.2 Å². The smallest absolute Gasteiger partial charge is 0.204 e. The highest BCUT2D eigenvalue weighted by molar-refractivity contribution is 6.01. The van der Waals surface area contributed by atoms with E-state index in [-0.39, 0.29) is 5.78 Å². The minimum atomic E-state index is -0.582. The first kappa shape index (κ1) is 11.9. The summed E-state index contributed by atoms with van der Waals surface area (Å²) in [7, 11) is 0. The second kappa shape index (κ2) is 4.00. The van der Waals surface area contributed by atoms with Crippen LogP contribution in [-0.4, -0.2) is 12.3 Å². The number of aryl methyl sites for hydroxylation is 1. The Balaban J connectivity index is 2.51. The van der Waals surface area contributed by atoms with Gasteiger partial charge in [-0.3, -0.25) is 4.79 Å². The minimum absolute atomic E-state index is 0.0457. The van der Waals surface area contributed by atoms with Crippen molar-refractivity contribution >= 4 is 16.8 Å². The second-order valence-corrected chi connectivity index (χ2v) is 5.02. The molecule has 0 atom stereocenters. The van der Waals surface area contributed by atoms with Crippen LogP contribution in [0, 0.1) is 12.3 Å². The third kappa shape index (κ3) is 1.98. The number of carbonyl (C=O) groups is 1. The summed E-state index contributed by atoms with van der Waals surface area (Å²) in [6.07, 6.45) is 0. The van der Waals surface area contributed by atoms with Gasteiger partial charge in [0, 0.05) is 17.3 Å². The van der Waals surface area contributed by atoms with Crippen molar-refractivity contribution in [1.29, 1.82) is 0 Å². The maximum atomic E-state index is 12.2. The summed E-state index contributed by atoms with van der Waals surface area (Å²) in [5.74, 6) is 0.348. The predicted octanol–water partition coefficient (Wildman–Crippen LogP) is 2.91. The van der Waals surface area contributed by atoms with Crippen LogP contribution in [0.4, 0.5) is 0 Å². The molecule has 1 aromatic carbocycles. The van der Waals surface area contributed by atoms with Crippen LogP contribution in [0.3, 0.4) is 0 Å². The lowest BCUT2D eigenvalue weighted by molar-refractivity contribution is 0.0820. The summed E-state index contributed by atoms with van der Waals surface area (Å²) in [6.45, 7) is 5.93. The van der Waals surface area contributed by atoms with Crippen LogP contribution in [0.5, 0.6) is 0 Å². The van der Waals surface area contributed by atoms with E-state index in [0.29, 0.717) is 12.3 Å². The molecule has 2 rings (SSSR count). The van der Waals surface area contributed by atoms with Crippen LogP contribution in [0.25, 0.3) is 11.0 Å². The van der Waals surface area contributed by atoms with Gasteiger partial charge in [-0.25, -0.2) is 0 Å². The molecular formula is C14H17NO2. The van der Waals surface area contributed by atoms with E-state index >= 15 is 0 Å². The van der Waals surface area contributed by atoms with E-state index in [4.69, 9.17) is 10.2 Å². The van der Waals surface area contributed by atoms with Gasteiger partial charge in [-0.05, 0) is 18.6 Å². The van der Waals surface area contributed by atoms with Crippen LogP contribution in [0.2, 0.25) is 0 Å². The maximum Gasteiger partial charge on any atom is 0.204 e. The highest BCUT2D eigenvalue weighted by atomic mass is 16.3. The Labute approximate surface area is 101 Å². The Morgan fingerprint density at radius 3 is 2.71 bits per heavy atom. The van der Waals surface area contributed by atoms with Gasteiger partial charge >= 0.3 is 0 Å². The fraction of sp³-hybridized carbons (Fsp3) is 0.357. The Bertz CT molecular complexity index is 567. The van der Waals surface area contributed by atoms with Crippen molar-refractivity contribution in [3.8, 4) is 0 Å². The molecule has 0 saturated carbocycles. The van der Waals surface area contributed by atoms with E-state index in [1.54, 1.807) is 6.07 Å². The monoisotopic (exact) mass is 231 g/mol. The largest absolute Gasteiger partial charge is 0.453 e. The maximum absolute atomic E-state index is 12.2. The zero-order chi connectivity index (χ0) is 12.6. The molecule has 0 amide bonds. The van der Waals surface area contributed by atoms with E-state index in [9.17, 15) is 4.79 Å². The van der Waals surface area contributed by atoms with E-state index in [1.165, 1.54) is 0 Å². The van der Waals surface area contributed by atoms with Gasteiger partial charge in [0.05, 0.1) is 0 Å². The van der Waals surface area contributed by atoms with Gasteiger partial charge in [0.15, 0.2) is 5.76 Å². The first-order valence-electron chi connectivity index (χ1n) is 5.70. The number of ketones is 1. The van der Waals surface area contributed by atoms with Crippen molar-refractivity contribution < 1.29 is 9.21 Å². The first-order chi connectivity index (χ1) is 7.95. The third-order valence-electron chi connectivity index (χ3n) is 3.09. The summed E-state index contributed by atoms with van der Waals surface area (Å²) in [5, 5.41) is 0.959. The second-order valence-electron chi connectivity index (χ2n) is 5.02. The molecular weight excluding hydrogens is 214 g/mol. The molecule has 0 radical (unpaired) electrons. The Kier molecular flexibility index (Phi) is 2.79. The quantitative estimate of drug-likeness (QED) is 0.826. The highest BCUT2D eigenvalue weighted by Crippen LogP contribution is 2.27. The molecule has 2 N–H and O–H groups in total. The van der Waals surface area contributed by atoms with Gasteiger partial charge in [0.1, 0.15) is 5.58 Å². The Hall–Kier alpha value is -1.61. The molecule has 0 aliphatic carbocycles. The summed E-state index contributed by atoms with van der Waals surface area (Å²) < 4.78 is 5.64. The van der Waals surface area contributed by atoms with E-state index in [0.717, 1.165) is 16.5 Å². The molecule has 2 aromatic rings. The zero-order valence-electron chi connectivity index (χ0n) is 10.4. The number of carbonyl (C=O) groups excluding carboxylic acids is 1. The molecule has 1 aromatic heterocycles. The molecule has 0 aliphatic heterocycles. The van der Waals surface area contributed by atoms with E-state index < -0.39 is 5.41 Å². The third-order valence-corrected chi connectivity index (χ3v) is 3.09. The van der Waals surface area contributed by atoms with Crippen molar-refractivity contribution in [2.24, 2.45) is 11.1 Å². The number of hydrogen-bond donors (Lipinski definition) is 1. The van der Waals surface area contributed by atoms with E-state index in [1.807, 2.05) is 39.0 Å². The number of rotatable bonds is 3. The molecule has 3 heteroatoms. The molecule has 0 bridgehead atoms. The lowest BCUT2D eigenvalue weighted by atomic mass is 9.87. The highest BCUT2D eigenvalue weighted by Gasteiger charge is 2.29. The van der Waals surface area contributed by atoms with Gasteiger partial charge in [-0.15, -0.1) is 0 Å². The average molecular weight is 231 g/mol. The Morgan fingerprint density at radius 2 is 2.12 bits per heavy atom. The number of benzene rings is 1. The van der Waals surface area contributed by atoms with Crippen molar-refractivity contribution in [3.63, 3.8) is 0 Å². The Morgan fingerprint density at radius 1 is 1.41 bits per heavy atom. The fourth-order valence-electron chi connectivity index (χ4n) is 1.75. The molecule has 0 saturated heterocycles. The lowest BCUT2D eigenvalue weighted by Gasteiger charge is -2.18. The fourth-order valence-corrected chi connectivity index (χ4v) is 1.75. The number of furan rings is 1. The molecule has 0 unspecified atom stereocenters. The predicted molar refractivity (Wildman–Crippen MR) is 68.1 cm³/mol. The van der Waals surface area contributed by atoms with Gasteiger partial charge in [-0.2, -0.15) is 0 Å². The molecule has 0 aliphatic rings. The minimum Gasteiger partial charge on any atom is -0.453 e. The molecule has 3 nitrogen and oxygen atoms in total. The van der Waals surface area contributed by atoms with Crippen molar-refractivity contribution in [2.45, 2.75) is 20.8 Å². The molecule has 0 fully saturated rings. The van der Waals surface area contributed by atoms with Crippen LogP contribution in [0.1, 0.15) is 30.0 Å². The summed E-state index contributed by atoms with van der Waals surface area (Å²) in [6, 6.07) is 7.66. The van der Waals surface area contributed by atoms with Gasteiger partial charge in [-0.1, -0.05) is 32.0 Å². The number of nitrogens with two attached hydrogens (primary N) is 1. The molecule has 17 heavy (non-hydrogen) atoms. The summed E-state index contributed by atoms with van der Waals surface area (Å²) in [4.78, 5) is 12.2. The molecule has 1 heterocycles. The molecule has 90 valence electrons. The number of fused-ring (bicyclic) bond motifs is 1. The zero-order valence-corrected chi connectivity index (χ0v) is 10.4. The topological polar surface area (TPSA) is 56.2 Å². The lowest BCUT2D eigenvalue weighted by Crippen LogP contribution is -2.32. The van der Waals surface area contributed by atoms with Gasteiger partial charge in [0.25, 0.3) is 0 Å².